The van der Waals surface area contributed by atoms with E-state index in [9.17, 15) is 9.59 Å². The molecular formula is C26H21NO3. The number of rotatable bonds is 5. The van der Waals surface area contributed by atoms with Crippen molar-refractivity contribution < 1.29 is 14.1 Å². The minimum absolute atomic E-state index is 0.0376. The first kappa shape index (κ1) is 19.5. The Hall–Kier alpha value is -3.79. The minimum Gasteiger partial charge on any atom is -0.351 e. The molecule has 0 bridgehead atoms. The quantitative estimate of drug-likeness (QED) is 0.405. The van der Waals surface area contributed by atoms with Crippen molar-refractivity contribution in [3.63, 3.8) is 0 Å². The van der Waals surface area contributed by atoms with Crippen LogP contribution in [-0.2, 0) is 0 Å². The molecule has 0 aliphatic heterocycles. The number of nitrogens with zero attached hydrogens (tertiary/aromatic N) is 1. The molecule has 1 heterocycles. The van der Waals surface area contributed by atoms with E-state index >= 15 is 0 Å². The molecule has 148 valence electrons. The topological polar surface area (TPSA) is 60.2 Å². The van der Waals surface area contributed by atoms with Crippen LogP contribution in [0.25, 0.3) is 11.3 Å². The molecule has 0 aliphatic rings. The van der Waals surface area contributed by atoms with Gasteiger partial charge >= 0.3 is 0 Å². The van der Waals surface area contributed by atoms with Crippen LogP contribution in [0.3, 0.4) is 0 Å². The van der Waals surface area contributed by atoms with Crippen LogP contribution >= 0.6 is 0 Å². The van der Waals surface area contributed by atoms with E-state index in [4.69, 9.17) is 4.52 Å². The van der Waals surface area contributed by atoms with E-state index in [1.165, 1.54) is 0 Å². The average molecular weight is 395 g/mol. The number of ketones is 2. The Morgan fingerprint density at radius 3 is 1.77 bits per heavy atom. The van der Waals surface area contributed by atoms with Gasteiger partial charge in [0.2, 0.25) is 11.5 Å². The molecule has 30 heavy (non-hydrogen) atoms. The van der Waals surface area contributed by atoms with Crippen LogP contribution in [0.5, 0.6) is 0 Å². The number of hydrogen-bond donors (Lipinski definition) is 0. The van der Waals surface area contributed by atoms with E-state index in [0.29, 0.717) is 16.8 Å². The fourth-order valence-corrected chi connectivity index (χ4v) is 3.83. The maximum absolute atomic E-state index is 13.5. The maximum atomic E-state index is 13.5. The normalized spacial score (nSPS) is 10.8. The van der Waals surface area contributed by atoms with Crippen molar-refractivity contribution in [2.75, 3.05) is 0 Å². The zero-order chi connectivity index (χ0) is 21.3. The summed E-state index contributed by atoms with van der Waals surface area (Å²) in [5.74, 6) is -0.689. The molecule has 0 aliphatic carbocycles. The van der Waals surface area contributed by atoms with Crippen molar-refractivity contribution in [2.45, 2.75) is 20.8 Å². The van der Waals surface area contributed by atoms with Crippen molar-refractivity contribution in [3.05, 3.63) is 112 Å². The summed E-state index contributed by atoms with van der Waals surface area (Å²) in [5, 5.41) is 4.21. The summed E-state index contributed by atoms with van der Waals surface area (Å²) >= 11 is 0. The molecular weight excluding hydrogens is 374 g/mol. The maximum Gasteiger partial charge on any atom is 0.231 e. The SMILES string of the molecule is Cc1cc(C)c(-c2noc(C(=O)c3ccccc3)c2C(=O)c2ccccc2)c(C)c1. The molecule has 4 heteroatoms. The second-order valence-corrected chi connectivity index (χ2v) is 7.40. The third-order valence-electron chi connectivity index (χ3n) is 5.11. The van der Waals surface area contributed by atoms with Gasteiger partial charge in [-0.15, -0.1) is 0 Å². The van der Waals surface area contributed by atoms with E-state index in [1.807, 2.05) is 45.0 Å². The van der Waals surface area contributed by atoms with Crippen molar-refractivity contribution in [1.82, 2.24) is 5.16 Å². The van der Waals surface area contributed by atoms with Gasteiger partial charge in [0.25, 0.3) is 0 Å². The van der Waals surface area contributed by atoms with Crippen LogP contribution in [0.4, 0.5) is 0 Å². The highest BCUT2D eigenvalue weighted by molar-refractivity contribution is 6.20. The smallest absolute Gasteiger partial charge is 0.231 e. The van der Waals surface area contributed by atoms with Gasteiger partial charge < -0.3 is 4.52 Å². The molecule has 0 N–H and O–H groups in total. The van der Waals surface area contributed by atoms with E-state index in [1.54, 1.807) is 48.5 Å². The van der Waals surface area contributed by atoms with Gasteiger partial charge in [0.1, 0.15) is 11.3 Å². The lowest BCUT2D eigenvalue weighted by atomic mass is 9.90. The van der Waals surface area contributed by atoms with E-state index < -0.39 is 0 Å². The first-order valence-corrected chi connectivity index (χ1v) is 9.74. The van der Waals surface area contributed by atoms with Gasteiger partial charge in [0, 0.05) is 16.7 Å². The number of hydrogen-bond acceptors (Lipinski definition) is 4. The predicted molar refractivity (Wildman–Crippen MR) is 116 cm³/mol. The largest absolute Gasteiger partial charge is 0.351 e. The summed E-state index contributed by atoms with van der Waals surface area (Å²) in [7, 11) is 0. The molecule has 3 aromatic carbocycles. The summed E-state index contributed by atoms with van der Waals surface area (Å²) in [6.07, 6.45) is 0. The Morgan fingerprint density at radius 1 is 0.733 bits per heavy atom. The average Bonchev–Trinajstić information content (AvgIpc) is 3.17. The van der Waals surface area contributed by atoms with Crippen LogP contribution in [0, 0.1) is 20.8 Å². The fourth-order valence-electron chi connectivity index (χ4n) is 3.83. The van der Waals surface area contributed by atoms with Crippen molar-refractivity contribution in [1.29, 1.82) is 0 Å². The zero-order valence-electron chi connectivity index (χ0n) is 17.1. The number of carbonyl (C=O) groups is 2. The Morgan fingerprint density at radius 2 is 1.23 bits per heavy atom. The molecule has 0 saturated carbocycles. The summed E-state index contributed by atoms with van der Waals surface area (Å²) in [4.78, 5) is 26.7. The monoisotopic (exact) mass is 395 g/mol. The predicted octanol–water partition coefficient (Wildman–Crippen LogP) is 5.73. The Labute approximate surface area is 175 Å². The van der Waals surface area contributed by atoms with Crippen LogP contribution in [-0.4, -0.2) is 16.7 Å². The number of carbonyl (C=O) groups excluding carboxylic acids is 2. The van der Waals surface area contributed by atoms with Crippen LogP contribution in [0.2, 0.25) is 0 Å². The first-order valence-electron chi connectivity index (χ1n) is 9.74. The second-order valence-electron chi connectivity index (χ2n) is 7.40. The van der Waals surface area contributed by atoms with E-state index in [2.05, 4.69) is 5.16 Å². The standard InChI is InChI=1S/C26H21NO3/c1-16-14-17(2)21(18(3)15-16)23-22(24(28)19-10-6-4-7-11-19)26(30-27-23)25(29)20-12-8-5-9-13-20/h4-15H,1-3H3. The summed E-state index contributed by atoms with van der Waals surface area (Å²) in [6.45, 7) is 5.96. The van der Waals surface area contributed by atoms with Gasteiger partial charge in [0.15, 0.2) is 5.78 Å². The molecule has 0 saturated heterocycles. The summed E-state index contributed by atoms with van der Waals surface area (Å²) < 4.78 is 5.53. The van der Waals surface area contributed by atoms with Crippen LogP contribution in [0.1, 0.15) is 48.7 Å². The third-order valence-corrected chi connectivity index (χ3v) is 5.11. The summed E-state index contributed by atoms with van der Waals surface area (Å²) in [6, 6.07) is 21.7. The first-order chi connectivity index (χ1) is 14.5. The number of aryl methyl sites for hydroxylation is 3. The lowest BCUT2D eigenvalue weighted by Gasteiger charge is -2.10. The highest BCUT2D eigenvalue weighted by Gasteiger charge is 2.30. The van der Waals surface area contributed by atoms with Crippen molar-refractivity contribution in [3.8, 4) is 11.3 Å². The van der Waals surface area contributed by atoms with Crippen LogP contribution in [0.15, 0.2) is 77.3 Å². The zero-order valence-corrected chi connectivity index (χ0v) is 17.1. The molecule has 0 atom stereocenters. The molecule has 0 amide bonds. The van der Waals surface area contributed by atoms with Gasteiger partial charge in [-0.1, -0.05) is 83.5 Å². The van der Waals surface area contributed by atoms with Gasteiger partial charge in [0.05, 0.1) is 0 Å². The Balaban J connectivity index is 1.96. The molecule has 0 radical (unpaired) electrons. The van der Waals surface area contributed by atoms with Crippen molar-refractivity contribution in [2.24, 2.45) is 0 Å². The van der Waals surface area contributed by atoms with Crippen LogP contribution < -0.4 is 0 Å². The fraction of sp³-hybridized carbons (Fsp3) is 0.115. The van der Waals surface area contributed by atoms with Crippen molar-refractivity contribution >= 4 is 11.6 Å². The lowest BCUT2D eigenvalue weighted by Crippen LogP contribution is -2.10. The Bertz CT molecular complexity index is 1220. The minimum atomic E-state index is -0.365. The van der Waals surface area contributed by atoms with Gasteiger partial charge in [-0.25, -0.2) is 0 Å². The van der Waals surface area contributed by atoms with Gasteiger partial charge in [-0.05, 0) is 31.9 Å². The molecule has 4 nitrogen and oxygen atoms in total. The van der Waals surface area contributed by atoms with Gasteiger partial charge in [-0.2, -0.15) is 0 Å². The number of aromatic nitrogens is 1. The molecule has 4 aromatic rings. The molecule has 1 aromatic heterocycles. The molecule has 0 spiro atoms. The van der Waals surface area contributed by atoms with E-state index in [-0.39, 0.29) is 22.9 Å². The molecule has 4 rings (SSSR count). The van der Waals surface area contributed by atoms with Gasteiger partial charge in [-0.3, -0.25) is 9.59 Å². The second kappa shape index (κ2) is 7.91. The molecule has 0 fully saturated rings. The molecule has 0 unspecified atom stereocenters. The lowest BCUT2D eigenvalue weighted by molar-refractivity contribution is 0.0978. The third kappa shape index (κ3) is 3.48. The summed E-state index contributed by atoms with van der Waals surface area (Å²) in [5.41, 5.74) is 5.40. The highest BCUT2D eigenvalue weighted by atomic mass is 16.5. The number of benzene rings is 3. The Kier molecular flexibility index (Phi) is 5.15. The van der Waals surface area contributed by atoms with E-state index in [0.717, 1.165) is 22.3 Å². The highest BCUT2D eigenvalue weighted by Crippen LogP contribution is 2.34.